The van der Waals surface area contributed by atoms with E-state index >= 15 is 0 Å². The molecule has 50 heavy (non-hydrogen) atoms. The van der Waals surface area contributed by atoms with Gasteiger partial charge < -0.3 is 19.5 Å². The fourth-order valence-electron chi connectivity index (χ4n) is 7.79. The lowest BCUT2D eigenvalue weighted by Gasteiger charge is -2.36. The minimum Gasteiger partial charge on any atom is -0.497 e. The van der Waals surface area contributed by atoms with Crippen LogP contribution in [0.3, 0.4) is 0 Å². The summed E-state index contributed by atoms with van der Waals surface area (Å²) in [6.07, 6.45) is 3.23. The van der Waals surface area contributed by atoms with Crippen LogP contribution in [0, 0.1) is 5.92 Å². The Balaban J connectivity index is 1.24. The van der Waals surface area contributed by atoms with Gasteiger partial charge in [-0.15, -0.1) is 0 Å². The molecule has 1 saturated heterocycles. The number of benzene rings is 4. The highest BCUT2D eigenvalue weighted by molar-refractivity contribution is 6.91. The minimum atomic E-state index is -2.18. The van der Waals surface area contributed by atoms with E-state index in [1.807, 2.05) is 84.9 Å². The summed E-state index contributed by atoms with van der Waals surface area (Å²) >= 11 is 0. The molecule has 0 spiro atoms. The van der Waals surface area contributed by atoms with Crippen molar-refractivity contribution in [1.29, 1.82) is 0 Å². The summed E-state index contributed by atoms with van der Waals surface area (Å²) in [6.45, 7) is 7.66. The number of fused-ring (bicyclic) bond motifs is 1. The standard InChI is InChI=1S/C41H47N3O5Si/c1-29-37(22-17-30-13-10-15-33(25-30)44-41(47)36-16-9-8-14-32(36)27-42-44)49-38(40(29)50(3,4)35-20-18-34(48-2)19-21-35)26-39(46)43(23-24-45)28-31-11-6-5-7-12-31/h5-16,18-21,25,27,29,37-38,40,45H,17,22-24,26,28H2,1-4H3/t29-,37+,38-,40+/m0/s1. The zero-order valence-electron chi connectivity index (χ0n) is 29.4. The Morgan fingerprint density at radius 2 is 1.66 bits per heavy atom. The lowest BCUT2D eigenvalue weighted by atomic mass is 9.95. The van der Waals surface area contributed by atoms with Crippen LogP contribution < -0.4 is 15.5 Å². The van der Waals surface area contributed by atoms with Crippen molar-refractivity contribution in [2.45, 2.75) is 63.6 Å². The third kappa shape index (κ3) is 7.60. The minimum absolute atomic E-state index is 0.00804. The Morgan fingerprint density at radius 1 is 0.940 bits per heavy atom. The molecule has 1 amide bonds. The van der Waals surface area contributed by atoms with E-state index in [4.69, 9.17) is 9.47 Å². The van der Waals surface area contributed by atoms with Crippen molar-refractivity contribution in [3.8, 4) is 11.4 Å². The summed E-state index contributed by atoms with van der Waals surface area (Å²) in [7, 11) is -0.504. The summed E-state index contributed by atoms with van der Waals surface area (Å²) in [4.78, 5) is 29.0. The van der Waals surface area contributed by atoms with Gasteiger partial charge in [0.05, 0.1) is 57.7 Å². The average Bonchev–Trinajstić information content (AvgIpc) is 3.45. The molecular weight excluding hydrogens is 643 g/mol. The molecule has 0 radical (unpaired) electrons. The zero-order valence-corrected chi connectivity index (χ0v) is 30.4. The van der Waals surface area contributed by atoms with Crippen LogP contribution in [0.25, 0.3) is 16.5 Å². The van der Waals surface area contributed by atoms with Gasteiger partial charge in [-0.1, -0.05) is 98.0 Å². The number of rotatable bonds is 13. The van der Waals surface area contributed by atoms with E-state index in [1.54, 1.807) is 18.2 Å². The van der Waals surface area contributed by atoms with E-state index in [1.165, 1.54) is 9.87 Å². The summed E-state index contributed by atoms with van der Waals surface area (Å²) in [5.74, 6) is 1.03. The van der Waals surface area contributed by atoms with Crippen LogP contribution in [0.15, 0.2) is 114 Å². The molecule has 6 rings (SSSR count). The van der Waals surface area contributed by atoms with Gasteiger partial charge in [0.2, 0.25) is 5.91 Å². The molecule has 0 bridgehead atoms. The second-order valence-corrected chi connectivity index (χ2v) is 18.6. The lowest BCUT2D eigenvalue weighted by Crippen LogP contribution is -2.51. The molecule has 1 aliphatic heterocycles. The van der Waals surface area contributed by atoms with E-state index in [-0.39, 0.29) is 54.7 Å². The average molecular weight is 690 g/mol. The van der Waals surface area contributed by atoms with Crippen molar-refractivity contribution in [2.75, 3.05) is 20.3 Å². The number of aliphatic hydroxyl groups is 1. The second-order valence-electron chi connectivity index (χ2n) is 13.9. The molecule has 4 atom stereocenters. The number of aliphatic hydroxyl groups excluding tert-OH is 1. The molecule has 0 unspecified atom stereocenters. The normalized spacial score (nSPS) is 19.1. The molecule has 2 heterocycles. The van der Waals surface area contributed by atoms with E-state index < -0.39 is 8.07 Å². The Bertz CT molecular complexity index is 1960. The summed E-state index contributed by atoms with van der Waals surface area (Å²) in [5.41, 5.74) is 2.90. The van der Waals surface area contributed by atoms with Crippen molar-refractivity contribution >= 4 is 29.9 Å². The summed E-state index contributed by atoms with van der Waals surface area (Å²) in [6, 6.07) is 33.8. The SMILES string of the molecule is COc1ccc([Si](C)(C)[C@@H]2[C@@H](C)[C@@H](CCc3cccc(-n4ncc5ccccc5c4=O)c3)O[C@H]2CC(=O)N(CCO)Cc2ccccc2)cc1. The Hall–Kier alpha value is -4.57. The first kappa shape index (κ1) is 35.3. The van der Waals surface area contributed by atoms with Gasteiger partial charge in [-0.25, -0.2) is 0 Å². The van der Waals surface area contributed by atoms with Crippen LogP contribution in [0.2, 0.25) is 18.6 Å². The van der Waals surface area contributed by atoms with Crippen molar-refractivity contribution in [1.82, 2.24) is 14.7 Å². The van der Waals surface area contributed by atoms with Crippen LogP contribution >= 0.6 is 0 Å². The Labute approximate surface area is 295 Å². The monoisotopic (exact) mass is 689 g/mol. The zero-order chi connectivity index (χ0) is 35.3. The topological polar surface area (TPSA) is 93.9 Å². The number of aryl methyl sites for hydroxylation is 1. The first-order valence-corrected chi connectivity index (χ1v) is 20.6. The molecule has 1 aromatic heterocycles. The predicted octanol–water partition coefficient (Wildman–Crippen LogP) is 6.13. The second kappa shape index (κ2) is 15.5. The van der Waals surface area contributed by atoms with Gasteiger partial charge in [-0.3, -0.25) is 9.59 Å². The molecule has 4 aromatic carbocycles. The number of hydrogen-bond acceptors (Lipinski definition) is 6. The number of amides is 1. The molecule has 1 aliphatic rings. The molecule has 260 valence electrons. The highest BCUT2D eigenvalue weighted by Gasteiger charge is 2.51. The highest BCUT2D eigenvalue weighted by Crippen LogP contribution is 2.46. The molecule has 9 heteroatoms. The van der Waals surface area contributed by atoms with Gasteiger partial charge in [0, 0.05) is 18.5 Å². The van der Waals surface area contributed by atoms with Crippen molar-refractivity contribution < 1.29 is 19.4 Å². The number of nitrogens with zero attached hydrogens (tertiary/aromatic N) is 3. The van der Waals surface area contributed by atoms with Crippen LogP contribution in [0.5, 0.6) is 5.75 Å². The highest BCUT2D eigenvalue weighted by atomic mass is 28.3. The molecule has 5 aromatic rings. The van der Waals surface area contributed by atoms with Crippen molar-refractivity contribution in [3.63, 3.8) is 0 Å². The van der Waals surface area contributed by atoms with E-state index in [2.05, 4.69) is 43.3 Å². The lowest BCUT2D eigenvalue weighted by molar-refractivity contribution is -0.135. The molecule has 1 fully saturated rings. The van der Waals surface area contributed by atoms with Gasteiger partial charge in [0.1, 0.15) is 5.75 Å². The first-order chi connectivity index (χ1) is 24.2. The smallest absolute Gasteiger partial charge is 0.279 e. The fourth-order valence-corrected chi connectivity index (χ4v) is 11.9. The van der Waals surface area contributed by atoms with Crippen molar-refractivity contribution in [3.05, 3.63) is 131 Å². The number of ether oxygens (including phenoxy) is 2. The van der Waals surface area contributed by atoms with Crippen LogP contribution in [0.1, 0.15) is 30.9 Å². The Kier molecular flexibility index (Phi) is 11.0. The molecule has 1 N–H and O–H groups in total. The van der Waals surface area contributed by atoms with Gasteiger partial charge in [0.25, 0.3) is 5.56 Å². The summed E-state index contributed by atoms with van der Waals surface area (Å²) < 4.78 is 13.8. The molecule has 8 nitrogen and oxygen atoms in total. The first-order valence-electron chi connectivity index (χ1n) is 17.5. The summed E-state index contributed by atoms with van der Waals surface area (Å²) in [5, 5.41) is 17.1. The third-order valence-electron chi connectivity index (χ3n) is 10.5. The number of carbonyl (C=O) groups excluding carboxylic acids is 1. The maximum atomic E-state index is 14.0. The van der Waals surface area contributed by atoms with Crippen LogP contribution in [0.4, 0.5) is 0 Å². The van der Waals surface area contributed by atoms with Gasteiger partial charge in [-0.05, 0) is 65.8 Å². The van der Waals surface area contributed by atoms with Crippen LogP contribution in [-0.4, -0.2) is 66.2 Å². The third-order valence-corrected chi connectivity index (χ3v) is 14.8. The number of aromatic nitrogens is 2. The quantitative estimate of drug-likeness (QED) is 0.150. The van der Waals surface area contributed by atoms with E-state index in [9.17, 15) is 14.7 Å². The number of carbonyl (C=O) groups is 1. The fraction of sp³-hybridized carbons (Fsp3) is 0.341. The molecule has 0 saturated carbocycles. The molecule has 0 aliphatic carbocycles. The van der Waals surface area contributed by atoms with Gasteiger partial charge >= 0.3 is 0 Å². The number of hydrogen-bond donors (Lipinski definition) is 1. The number of methoxy groups -OCH3 is 1. The van der Waals surface area contributed by atoms with Gasteiger partial charge in [-0.2, -0.15) is 9.78 Å². The Morgan fingerprint density at radius 3 is 2.40 bits per heavy atom. The maximum Gasteiger partial charge on any atom is 0.279 e. The maximum absolute atomic E-state index is 14.0. The predicted molar refractivity (Wildman–Crippen MR) is 201 cm³/mol. The van der Waals surface area contributed by atoms with Crippen molar-refractivity contribution in [2.24, 2.45) is 5.92 Å². The van der Waals surface area contributed by atoms with E-state index in [0.29, 0.717) is 11.9 Å². The van der Waals surface area contributed by atoms with Gasteiger partial charge in [0.15, 0.2) is 0 Å². The molecular formula is C41H47N3O5Si. The van der Waals surface area contributed by atoms with E-state index in [0.717, 1.165) is 40.8 Å². The largest absolute Gasteiger partial charge is 0.497 e. The van der Waals surface area contributed by atoms with Crippen LogP contribution in [-0.2, 0) is 22.5 Å².